The van der Waals surface area contributed by atoms with Crippen molar-refractivity contribution >= 4 is 6.03 Å². The minimum atomic E-state index is -2.98. The fourth-order valence-corrected chi connectivity index (χ4v) is 2.32. The number of rotatable bonds is 7. The zero-order valence-corrected chi connectivity index (χ0v) is 12.2. The number of hydrogen-bond acceptors (Lipinski definition) is 3. The lowest BCUT2D eigenvalue weighted by atomic mass is 9.69. The lowest BCUT2D eigenvalue weighted by Gasteiger charge is -2.40. The maximum absolute atomic E-state index is 12.9. The van der Waals surface area contributed by atoms with E-state index in [1.807, 2.05) is 0 Å². The van der Waals surface area contributed by atoms with Crippen LogP contribution in [0.5, 0.6) is 5.88 Å². The molecule has 1 aliphatic carbocycles. The highest BCUT2D eigenvalue weighted by molar-refractivity contribution is 5.73. The molecular formula is C14H17F4N3O2. The summed E-state index contributed by atoms with van der Waals surface area (Å²) in [5.41, 5.74) is -0.621. The van der Waals surface area contributed by atoms with Crippen LogP contribution < -0.4 is 15.4 Å². The molecule has 0 aliphatic heterocycles. The molecule has 0 bridgehead atoms. The van der Waals surface area contributed by atoms with Crippen LogP contribution in [-0.4, -0.2) is 30.6 Å². The molecule has 0 atom stereocenters. The third-order valence-electron chi connectivity index (χ3n) is 3.88. The Balaban J connectivity index is 1.78. The number of urea groups is 1. The number of hydrogen-bond donors (Lipinski definition) is 2. The molecular weight excluding hydrogens is 318 g/mol. The Morgan fingerprint density at radius 3 is 2.61 bits per heavy atom. The van der Waals surface area contributed by atoms with Crippen LogP contribution in [0, 0.1) is 5.41 Å². The average molecular weight is 335 g/mol. The molecule has 0 aromatic carbocycles. The highest BCUT2D eigenvalue weighted by atomic mass is 19.3. The molecule has 0 unspecified atom stereocenters. The number of amides is 2. The van der Waals surface area contributed by atoms with Gasteiger partial charge in [-0.05, 0) is 24.5 Å². The van der Waals surface area contributed by atoms with Gasteiger partial charge in [0.25, 0.3) is 0 Å². The van der Waals surface area contributed by atoms with Gasteiger partial charge in [-0.2, -0.15) is 8.78 Å². The normalized spacial score (nSPS) is 16.1. The van der Waals surface area contributed by atoms with Crippen molar-refractivity contribution in [2.45, 2.75) is 38.8 Å². The summed E-state index contributed by atoms with van der Waals surface area (Å²) in [5.74, 6) is -0.258. The highest BCUT2D eigenvalue weighted by Gasteiger charge is 2.45. The first-order chi connectivity index (χ1) is 10.9. The molecule has 1 aromatic rings. The Kier molecular flexibility index (Phi) is 5.62. The van der Waals surface area contributed by atoms with Gasteiger partial charge in [-0.3, -0.25) is 0 Å². The van der Waals surface area contributed by atoms with Crippen LogP contribution in [0.1, 0.15) is 24.8 Å². The Morgan fingerprint density at radius 1 is 1.30 bits per heavy atom. The topological polar surface area (TPSA) is 63.2 Å². The number of aromatic nitrogens is 1. The lowest BCUT2D eigenvalue weighted by Crippen LogP contribution is -2.49. The van der Waals surface area contributed by atoms with Gasteiger partial charge in [-0.1, -0.05) is 6.42 Å². The number of nitrogens with zero attached hydrogens (tertiary/aromatic N) is 1. The van der Waals surface area contributed by atoms with Gasteiger partial charge in [-0.15, -0.1) is 0 Å². The van der Waals surface area contributed by atoms with E-state index >= 15 is 0 Å². The molecule has 1 aromatic heterocycles. The molecule has 5 nitrogen and oxygen atoms in total. The van der Waals surface area contributed by atoms with Crippen LogP contribution in [0.3, 0.4) is 0 Å². The predicted molar refractivity (Wildman–Crippen MR) is 73.4 cm³/mol. The van der Waals surface area contributed by atoms with Crippen molar-refractivity contribution in [3.63, 3.8) is 0 Å². The fraction of sp³-hybridized carbons (Fsp3) is 0.571. The van der Waals surface area contributed by atoms with Crippen LogP contribution in [0.25, 0.3) is 0 Å². The summed E-state index contributed by atoms with van der Waals surface area (Å²) in [6, 6.07) is 2.19. The van der Waals surface area contributed by atoms with E-state index in [-0.39, 0.29) is 19.0 Å². The molecule has 23 heavy (non-hydrogen) atoms. The number of nitrogens with one attached hydrogen (secondary N) is 2. The number of carbonyl (C=O) groups is 1. The minimum absolute atomic E-state index is 0.0373. The Hall–Kier alpha value is -2.06. The smallest absolute Gasteiger partial charge is 0.388 e. The Bertz CT molecular complexity index is 539. The molecule has 128 valence electrons. The molecule has 1 heterocycles. The largest absolute Gasteiger partial charge is 0.417 e. The summed E-state index contributed by atoms with van der Waals surface area (Å²) in [6.45, 7) is -3.04. The van der Waals surface area contributed by atoms with Crippen molar-refractivity contribution < 1.29 is 27.1 Å². The van der Waals surface area contributed by atoms with E-state index in [9.17, 15) is 22.4 Å². The lowest BCUT2D eigenvalue weighted by molar-refractivity contribution is -0.0566. The van der Waals surface area contributed by atoms with Gasteiger partial charge in [0.2, 0.25) is 12.3 Å². The second-order valence-corrected chi connectivity index (χ2v) is 5.43. The van der Waals surface area contributed by atoms with Gasteiger partial charge in [0.1, 0.15) is 0 Å². The maximum Gasteiger partial charge on any atom is 0.388 e. The van der Waals surface area contributed by atoms with Crippen LogP contribution >= 0.6 is 0 Å². The summed E-state index contributed by atoms with van der Waals surface area (Å²) in [7, 11) is 0. The number of ether oxygens (including phenoxy) is 1. The SMILES string of the molecule is O=C(NCc1ccnc(OC(F)F)c1)NCC1(C(F)F)CCC1. The van der Waals surface area contributed by atoms with Crippen molar-refractivity contribution in [1.29, 1.82) is 0 Å². The quantitative estimate of drug-likeness (QED) is 0.753. The maximum atomic E-state index is 12.9. The molecule has 1 fully saturated rings. The number of carbonyl (C=O) groups excluding carboxylic acids is 1. The first-order valence-electron chi connectivity index (χ1n) is 7.11. The molecule has 2 rings (SSSR count). The van der Waals surface area contributed by atoms with Crippen LogP contribution in [0.2, 0.25) is 0 Å². The van der Waals surface area contributed by atoms with Crippen LogP contribution in [0.15, 0.2) is 18.3 Å². The van der Waals surface area contributed by atoms with Crippen molar-refractivity contribution in [3.8, 4) is 5.88 Å². The summed E-state index contributed by atoms with van der Waals surface area (Å²) in [4.78, 5) is 15.3. The van der Waals surface area contributed by atoms with Gasteiger partial charge < -0.3 is 15.4 Å². The number of alkyl halides is 4. The highest BCUT2D eigenvalue weighted by Crippen LogP contribution is 2.45. The number of halogens is 4. The van der Waals surface area contributed by atoms with Gasteiger partial charge in [-0.25, -0.2) is 18.6 Å². The standard InChI is InChI=1S/C14H17F4N3O2/c15-11(16)14(3-1-4-14)8-21-13(22)20-7-9-2-5-19-10(6-9)23-12(17)18/h2,5-6,11-12H,1,3-4,7-8H2,(H2,20,21,22). The first kappa shape index (κ1) is 17.3. The third kappa shape index (κ3) is 4.70. The summed E-state index contributed by atoms with van der Waals surface area (Å²) in [6.07, 6.45) is 0.322. The Morgan fingerprint density at radius 2 is 2.04 bits per heavy atom. The van der Waals surface area contributed by atoms with Gasteiger partial charge in [0.05, 0.1) is 0 Å². The Labute approximate surface area is 130 Å². The summed E-state index contributed by atoms with van der Waals surface area (Å²) >= 11 is 0. The van der Waals surface area contributed by atoms with Crippen molar-refractivity contribution in [3.05, 3.63) is 23.9 Å². The van der Waals surface area contributed by atoms with E-state index in [0.29, 0.717) is 18.4 Å². The third-order valence-corrected chi connectivity index (χ3v) is 3.88. The first-order valence-corrected chi connectivity index (χ1v) is 7.11. The van der Waals surface area contributed by atoms with Crippen LogP contribution in [0.4, 0.5) is 22.4 Å². The molecule has 0 spiro atoms. The second kappa shape index (κ2) is 7.47. The van der Waals surface area contributed by atoms with E-state index in [2.05, 4.69) is 20.4 Å². The monoisotopic (exact) mass is 335 g/mol. The average Bonchev–Trinajstić information content (AvgIpc) is 2.43. The van der Waals surface area contributed by atoms with Crippen LogP contribution in [-0.2, 0) is 6.54 Å². The van der Waals surface area contributed by atoms with Gasteiger partial charge >= 0.3 is 12.6 Å². The van der Waals surface area contributed by atoms with Crippen molar-refractivity contribution in [2.24, 2.45) is 5.41 Å². The minimum Gasteiger partial charge on any atom is -0.417 e. The number of pyridine rings is 1. The summed E-state index contributed by atoms with van der Waals surface area (Å²) in [5, 5.41) is 4.90. The molecule has 0 radical (unpaired) electrons. The molecule has 1 aliphatic rings. The zero-order chi connectivity index (χ0) is 16.9. The van der Waals surface area contributed by atoms with Gasteiger partial charge in [0, 0.05) is 30.8 Å². The van der Waals surface area contributed by atoms with Crippen molar-refractivity contribution in [2.75, 3.05) is 6.54 Å². The zero-order valence-electron chi connectivity index (χ0n) is 12.2. The fourth-order valence-electron chi connectivity index (χ4n) is 2.32. The summed E-state index contributed by atoms with van der Waals surface area (Å²) < 4.78 is 54.2. The molecule has 2 amide bonds. The van der Waals surface area contributed by atoms with E-state index in [4.69, 9.17) is 0 Å². The molecule has 0 saturated heterocycles. The van der Waals surface area contributed by atoms with Crippen molar-refractivity contribution in [1.82, 2.24) is 15.6 Å². The molecule has 2 N–H and O–H groups in total. The predicted octanol–water partition coefficient (Wildman–Crippen LogP) is 2.92. The molecule has 1 saturated carbocycles. The van der Waals surface area contributed by atoms with E-state index in [1.54, 1.807) is 0 Å². The molecule has 9 heteroatoms. The van der Waals surface area contributed by atoms with E-state index in [1.165, 1.54) is 18.3 Å². The van der Waals surface area contributed by atoms with E-state index in [0.717, 1.165) is 6.42 Å². The van der Waals surface area contributed by atoms with E-state index < -0.39 is 24.5 Å². The van der Waals surface area contributed by atoms with Gasteiger partial charge in [0.15, 0.2) is 0 Å². The second-order valence-electron chi connectivity index (χ2n) is 5.43.